The lowest BCUT2D eigenvalue weighted by Gasteiger charge is -2.12. The molecular weight excluding hydrogens is 260 g/mol. The highest BCUT2D eigenvalue weighted by Gasteiger charge is 2.20. The lowest BCUT2D eigenvalue weighted by Crippen LogP contribution is -2.21. The molecule has 1 heterocycles. The molecular formula is C10H15BrN2O2. The van der Waals surface area contributed by atoms with Crippen molar-refractivity contribution >= 4 is 21.9 Å². The first-order valence-corrected chi connectivity index (χ1v) is 5.66. The topological polar surface area (TPSA) is 44.1 Å². The predicted octanol–water partition coefficient (Wildman–Crippen LogP) is 2.39. The van der Waals surface area contributed by atoms with Gasteiger partial charge in [0, 0.05) is 0 Å². The van der Waals surface area contributed by atoms with Crippen LogP contribution in [0.4, 0.5) is 0 Å². The van der Waals surface area contributed by atoms with Crippen LogP contribution in [-0.2, 0) is 9.53 Å². The van der Waals surface area contributed by atoms with Crippen LogP contribution in [0.1, 0.15) is 31.3 Å². The maximum atomic E-state index is 11.5. The van der Waals surface area contributed by atoms with Crippen molar-refractivity contribution < 1.29 is 9.53 Å². The Labute approximate surface area is 97.7 Å². The second kappa shape index (κ2) is 4.79. The number of hydrogen-bond donors (Lipinski definition) is 0. The number of aryl methyl sites for hydroxylation is 1. The van der Waals surface area contributed by atoms with E-state index < -0.39 is 0 Å². The number of carbonyl (C=O) groups excluding carboxylic acids is 1. The molecule has 0 N–H and O–H groups in total. The summed E-state index contributed by atoms with van der Waals surface area (Å²) in [5.74, 6) is -0.254. The molecule has 0 aliphatic carbocycles. The summed E-state index contributed by atoms with van der Waals surface area (Å²) >= 11 is 3.42. The van der Waals surface area contributed by atoms with E-state index in [1.54, 1.807) is 18.5 Å². The average Bonchev–Trinajstić information content (AvgIpc) is 2.45. The van der Waals surface area contributed by atoms with Gasteiger partial charge in [0.25, 0.3) is 0 Å². The van der Waals surface area contributed by atoms with Gasteiger partial charge >= 0.3 is 5.97 Å². The van der Waals surface area contributed by atoms with Crippen molar-refractivity contribution in [3.63, 3.8) is 0 Å². The van der Waals surface area contributed by atoms with Crippen molar-refractivity contribution in [3.05, 3.63) is 15.9 Å². The summed E-state index contributed by atoms with van der Waals surface area (Å²) in [5, 5.41) is 4.28. The van der Waals surface area contributed by atoms with E-state index in [-0.39, 0.29) is 12.0 Å². The fourth-order valence-corrected chi connectivity index (χ4v) is 1.64. The monoisotopic (exact) mass is 274 g/mol. The fourth-order valence-electron chi connectivity index (χ4n) is 1.38. The maximum Gasteiger partial charge on any atom is 0.330 e. The molecule has 1 rings (SSSR count). The van der Waals surface area contributed by atoms with Gasteiger partial charge in [-0.05, 0) is 43.6 Å². The average molecular weight is 275 g/mol. The molecule has 0 spiro atoms. The van der Waals surface area contributed by atoms with E-state index in [0.29, 0.717) is 6.61 Å². The van der Waals surface area contributed by atoms with Crippen molar-refractivity contribution in [3.8, 4) is 0 Å². The van der Waals surface area contributed by atoms with Crippen LogP contribution in [0, 0.1) is 13.8 Å². The lowest BCUT2D eigenvalue weighted by molar-refractivity contribution is -0.146. The molecule has 0 amide bonds. The van der Waals surface area contributed by atoms with Gasteiger partial charge < -0.3 is 4.74 Å². The van der Waals surface area contributed by atoms with Crippen LogP contribution in [0.2, 0.25) is 0 Å². The summed E-state index contributed by atoms with van der Waals surface area (Å²) in [6, 6.07) is -0.380. The summed E-state index contributed by atoms with van der Waals surface area (Å²) < 4.78 is 7.57. The number of nitrogens with zero attached hydrogens (tertiary/aromatic N) is 2. The zero-order valence-electron chi connectivity index (χ0n) is 9.37. The molecule has 84 valence electrons. The Morgan fingerprint density at radius 3 is 2.60 bits per heavy atom. The van der Waals surface area contributed by atoms with E-state index in [4.69, 9.17) is 4.74 Å². The zero-order chi connectivity index (χ0) is 11.6. The number of carbonyl (C=O) groups is 1. The molecule has 1 aromatic rings. The molecule has 0 aliphatic rings. The second-order valence-electron chi connectivity index (χ2n) is 3.36. The Bertz CT molecular complexity index is 374. The Morgan fingerprint density at radius 2 is 2.20 bits per heavy atom. The molecule has 0 bridgehead atoms. The zero-order valence-corrected chi connectivity index (χ0v) is 11.0. The molecule has 1 atom stereocenters. The Hall–Kier alpha value is -0.840. The number of halogens is 1. The van der Waals surface area contributed by atoms with Gasteiger partial charge in [-0.1, -0.05) is 0 Å². The van der Waals surface area contributed by atoms with E-state index in [2.05, 4.69) is 21.0 Å². The van der Waals surface area contributed by atoms with Crippen molar-refractivity contribution in [1.82, 2.24) is 9.78 Å². The molecule has 5 heteroatoms. The van der Waals surface area contributed by atoms with Gasteiger partial charge in [0.2, 0.25) is 0 Å². The van der Waals surface area contributed by atoms with Gasteiger partial charge in [0.1, 0.15) is 6.04 Å². The molecule has 0 fully saturated rings. The van der Waals surface area contributed by atoms with Crippen LogP contribution in [0.25, 0.3) is 0 Å². The molecule has 15 heavy (non-hydrogen) atoms. The molecule has 1 unspecified atom stereocenters. The molecule has 0 radical (unpaired) electrons. The van der Waals surface area contributed by atoms with Crippen LogP contribution < -0.4 is 0 Å². The highest BCUT2D eigenvalue weighted by molar-refractivity contribution is 9.10. The van der Waals surface area contributed by atoms with E-state index >= 15 is 0 Å². The first kappa shape index (κ1) is 12.2. The van der Waals surface area contributed by atoms with Gasteiger partial charge in [-0.25, -0.2) is 4.79 Å². The Morgan fingerprint density at radius 1 is 1.60 bits per heavy atom. The number of rotatable bonds is 3. The van der Waals surface area contributed by atoms with Gasteiger partial charge in [-0.2, -0.15) is 5.10 Å². The third kappa shape index (κ3) is 2.40. The van der Waals surface area contributed by atoms with Crippen LogP contribution in [0.5, 0.6) is 0 Å². The van der Waals surface area contributed by atoms with E-state index in [9.17, 15) is 4.79 Å². The number of aromatic nitrogens is 2. The van der Waals surface area contributed by atoms with Crippen LogP contribution in [0.15, 0.2) is 4.47 Å². The number of esters is 1. The normalized spacial score (nSPS) is 12.6. The smallest absolute Gasteiger partial charge is 0.330 e. The third-order valence-corrected chi connectivity index (χ3v) is 3.38. The standard InChI is InChI=1S/C10H15BrN2O2/c1-5-15-10(14)8(4)13-7(3)9(11)6(2)12-13/h8H,5H2,1-4H3. The molecule has 0 saturated heterocycles. The lowest BCUT2D eigenvalue weighted by atomic mass is 10.3. The number of hydrogen-bond acceptors (Lipinski definition) is 3. The molecule has 0 saturated carbocycles. The maximum absolute atomic E-state index is 11.5. The summed E-state index contributed by atoms with van der Waals surface area (Å²) in [7, 11) is 0. The SMILES string of the molecule is CCOC(=O)C(C)n1nc(C)c(Br)c1C. The minimum atomic E-state index is -0.380. The van der Waals surface area contributed by atoms with E-state index in [0.717, 1.165) is 15.9 Å². The molecule has 0 aromatic carbocycles. The Kier molecular flexibility index (Phi) is 3.90. The van der Waals surface area contributed by atoms with Gasteiger partial charge in [0.05, 0.1) is 22.5 Å². The summed E-state index contributed by atoms with van der Waals surface area (Å²) in [6.45, 7) is 7.78. The van der Waals surface area contributed by atoms with Gasteiger partial charge in [0.15, 0.2) is 0 Å². The minimum Gasteiger partial charge on any atom is -0.464 e. The van der Waals surface area contributed by atoms with Crippen molar-refractivity contribution in [2.75, 3.05) is 6.61 Å². The number of ether oxygens (including phenoxy) is 1. The molecule has 0 aliphatic heterocycles. The van der Waals surface area contributed by atoms with Crippen LogP contribution in [0.3, 0.4) is 0 Å². The predicted molar refractivity (Wildman–Crippen MR) is 60.7 cm³/mol. The summed E-state index contributed by atoms with van der Waals surface area (Å²) in [5.41, 5.74) is 1.82. The van der Waals surface area contributed by atoms with Crippen LogP contribution >= 0.6 is 15.9 Å². The third-order valence-electron chi connectivity index (χ3n) is 2.23. The quantitative estimate of drug-likeness (QED) is 0.795. The van der Waals surface area contributed by atoms with Crippen molar-refractivity contribution in [2.24, 2.45) is 0 Å². The first-order valence-electron chi connectivity index (χ1n) is 4.86. The summed E-state index contributed by atoms with van der Waals surface area (Å²) in [6.07, 6.45) is 0. The molecule has 4 nitrogen and oxygen atoms in total. The highest BCUT2D eigenvalue weighted by atomic mass is 79.9. The highest BCUT2D eigenvalue weighted by Crippen LogP contribution is 2.23. The summed E-state index contributed by atoms with van der Waals surface area (Å²) in [4.78, 5) is 11.5. The van der Waals surface area contributed by atoms with Crippen LogP contribution in [-0.4, -0.2) is 22.4 Å². The largest absolute Gasteiger partial charge is 0.464 e. The fraction of sp³-hybridized carbons (Fsp3) is 0.600. The van der Waals surface area contributed by atoms with E-state index in [1.807, 2.05) is 13.8 Å². The van der Waals surface area contributed by atoms with Gasteiger partial charge in [-0.15, -0.1) is 0 Å². The van der Waals surface area contributed by atoms with Gasteiger partial charge in [-0.3, -0.25) is 4.68 Å². The van der Waals surface area contributed by atoms with Crippen molar-refractivity contribution in [2.45, 2.75) is 33.7 Å². The Balaban J connectivity index is 2.96. The first-order chi connectivity index (χ1) is 6.99. The minimum absolute atomic E-state index is 0.254. The van der Waals surface area contributed by atoms with E-state index in [1.165, 1.54) is 0 Å². The van der Waals surface area contributed by atoms with Crippen molar-refractivity contribution in [1.29, 1.82) is 0 Å². The molecule has 1 aromatic heterocycles. The second-order valence-corrected chi connectivity index (χ2v) is 4.15.